The maximum atomic E-state index is 5.24. The van der Waals surface area contributed by atoms with Gasteiger partial charge in [0.1, 0.15) is 0 Å². The molecule has 0 atom stereocenters. The fourth-order valence-electron chi connectivity index (χ4n) is 0.597. The van der Waals surface area contributed by atoms with E-state index < -0.39 is 0 Å². The van der Waals surface area contributed by atoms with Crippen LogP contribution in [0.25, 0.3) is 0 Å². The molecule has 0 aliphatic rings. The molecule has 0 bridgehead atoms. The predicted molar refractivity (Wildman–Crippen MR) is 54.6 cm³/mol. The molecule has 0 heterocycles. The molecule has 3 heteroatoms. The molecule has 0 spiro atoms. The Morgan fingerprint density at radius 2 is 1.67 bits per heavy atom. The Labute approximate surface area is 76.9 Å². The Balaban J connectivity index is 0. The van der Waals surface area contributed by atoms with E-state index in [1.807, 2.05) is 21.1 Å². The van der Waals surface area contributed by atoms with Gasteiger partial charge in [-0.1, -0.05) is 6.92 Å². The summed E-state index contributed by atoms with van der Waals surface area (Å²) in [6.07, 6.45) is 2.25. The lowest BCUT2D eigenvalue weighted by molar-refractivity contribution is 0.132. The van der Waals surface area contributed by atoms with Gasteiger partial charge in [-0.25, -0.2) is 0 Å². The number of nitrogens with one attached hydrogen (secondary N) is 2. The van der Waals surface area contributed by atoms with E-state index in [2.05, 4.69) is 17.6 Å². The van der Waals surface area contributed by atoms with Crippen LogP contribution in [0.5, 0.6) is 0 Å². The van der Waals surface area contributed by atoms with Crippen molar-refractivity contribution in [2.45, 2.75) is 19.8 Å². The standard InChI is InChI=1S/C7H17NO.C2H7N/c1-3-6-9-7-4-5-8-2;1-3-2/h8H,3-7H2,1-2H3;3H,1-2H3. The summed E-state index contributed by atoms with van der Waals surface area (Å²) in [5.74, 6) is 0. The van der Waals surface area contributed by atoms with Crippen molar-refractivity contribution in [3.05, 3.63) is 0 Å². The quantitative estimate of drug-likeness (QED) is 0.589. The van der Waals surface area contributed by atoms with Crippen molar-refractivity contribution in [2.75, 3.05) is 40.9 Å². The van der Waals surface area contributed by atoms with Crippen LogP contribution in [-0.4, -0.2) is 40.9 Å². The number of ether oxygens (including phenoxy) is 1. The molecule has 0 radical (unpaired) electrons. The molecule has 0 aromatic carbocycles. The summed E-state index contributed by atoms with van der Waals surface area (Å²) in [6, 6.07) is 0. The van der Waals surface area contributed by atoms with Gasteiger partial charge in [0.2, 0.25) is 0 Å². The minimum Gasteiger partial charge on any atom is -0.381 e. The average molecular weight is 176 g/mol. The predicted octanol–water partition coefficient (Wildman–Crippen LogP) is 0.858. The highest BCUT2D eigenvalue weighted by Gasteiger charge is 1.84. The van der Waals surface area contributed by atoms with Crippen molar-refractivity contribution in [1.29, 1.82) is 0 Å². The lowest BCUT2D eigenvalue weighted by Gasteiger charge is -2.00. The molecule has 0 rings (SSSR count). The van der Waals surface area contributed by atoms with Gasteiger partial charge in [0.05, 0.1) is 0 Å². The minimum atomic E-state index is 0.898. The fourth-order valence-corrected chi connectivity index (χ4v) is 0.597. The summed E-state index contributed by atoms with van der Waals surface area (Å²) >= 11 is 0. The number of hydrogen-bond donors (Lipinski definition) is 2. The van der Waals surface area contributed by atoms with Gasteiger partial charge in [0, 0.05) is 13.2 Å². The van der Waals surface area contributed by atoms with Gasteiger partial charge < -0.3 is 15.4 Å². The molecule has 0 fully saturated rings. The van der Waals surface area contributed by atoms with E-state index in [4.69, 9.17) is 4.74 Å². The molecule has 0 aliphatic heterocycles. The second kappa shape index (κ2) is 17.1. The Morgan fingerprint density at radius 3 is 2.08 bits per heavy atom. The smallest absolute Gasteiger partial charge is 0.0478 e. The molecule has 0 amide bonds. The third kappa shape index (κ3) is 22.5. The first kappa shape index (κ1) is 14.4. The Morgan fingerprint density at radius 1 is 1.08 bits per heavy atom. The van der Waals surface area contributed by atoms with Crippen LogP contribution in [0, 0.1) is 0 Å². The third-order valence-corrected chi connectivity index (χ3v) is 1.06. The van der Waals surface area contributed by atoms with Crippen molar-refractivity contribution in [1.82, 2.24) is 10.6 Å². The molecule has 0 aliphatic carbocycles. The van der Waals surface area contributed by atoms with Crippen molar-refractivity contribution < 1.29 is 4.74 Å². The zero-order chi connectivity index (χ0) is 9.66. The Bertz CT molecular complexity index is 54.5. The lowest BCUT2D eigenvalue weighted by atomic mass is 10.4. The monoisotopic (exact) mass is 176 g/mol. The maximum absolute atomic E-state index is 5.24. The van der Waals surface area contributed by atoms with Gasteiger partial charge in [-0.2, -0.15) is 0 Å². The molecule has 12 heavy (non-hydrogen) atoms. The van der Waals surface area contributed by atoms with Crippen LogP contribution in [0.15, 0.2) is 0 Å². The van der Waals surface area contributed by atoms with Crippen molar-refractivity contribution in [2.24, 2.45) is 0 Å². The molecule has 76 valence electrons. The van der Waals surface area contributed by atoms with Gasteiger partial charge in [0.25, 0.3) is 0 Å². The SMILES string of the molecule is CCCOCCCNC.CNC. The first-order valence-corrected chi connectivity index (χ1v) is 4.64. The van der Waals surface area contributed by atoms with E-state index in [1.54, 1.807) is 0 Å². The van der Waals surface area contributed by atoms with Gasteiger partial charge in [-0.15, -0.1) is 0 Å². The van der Waals surface area contributed by atoms with Crippen LogP contribution in [0.2, 0.25) is 0 Å². The van der Waals surface area contributed by atoms with Crippen molar-refractivity contribution >= 4 is 0 Å². The maximum Gasteiger partial charge on any atom is 0.0478 e. The zero-order valence-electron chi connectivity index (χ0n) is 8.94. The second-order valence-electron chi connectivity index (χ2n) is 2.57. The highest BCUT2D eigenvalue weighted by atomic mass is 16.5. The molecule has 2 N–H and O–H groups in total. The van der Waals surface area contributed by atoms with Crippen LogP contribution < -0.4 is 10.6 Å². The van der Waals surface area contributed by atoms with E-state index in [0.29, 0.717) is 0 Å². The molecule has 0 unspecified atom stereocenters. The minimum absolute atomic E-state index is 0.898. The van der Waals surface area contributed by atoms with E-state index in [9.17, 15) is 0 Å². The topological polar surface area (TPSA) is 33.3 Å². The highest BCUT2D eigenvalue weighted by molar-refractivity contribution is 4.38. The summed E-state index contributed by atoms with van der Waals surface area (Å²) in [7, 11) is 5.71. The van der Waals surface area contributed by atoms with E-state index in [-0.39, 0.29) is 0 Å². The van der Waals surface area contributed by atoms with Gasteiger partial charge in [-0.3, -0.25) is 0 Å². The summed E-state index contributed by atoms with van der Waals surface area (Å²) in [6.45, 7) is 4.99. The van der Waals surface area contributed by atoms with E-state index in [1.165, 1.54) is 0 Å². The van der Waals surface area contributed by atoms with Crippen LogP contribution in [0.1, 0.15) is 19.8 Å². The lowest BCUT2D eigenvalue weighted by Crippen LogP contribution is -2.10. The molecular weight excluding hydrogens is 152 g/mol. The average Bonchev–Trinajstić information content (AvgIpc) is 2.06. The zero-order valence-corrected chi connectivity index (χ0v) is 8.94. The van der Waals surface area contributed by atoms with E-state index >= 15 is 0 Å². The normalized spacial score (nSPS) is 9.00. The first-order chi connectivity index (χ1) is 5.83. The largest absolute Gasteiger partial charge is 0.381 e. The molecular formula is C9H24N2O. The first-order valence-electron chi connectivity index (χ1n) is 4.64. The Kier molecular flexibility index (Phi) is 20.5. The summed E-state index contributed by atoms with van der Waals surface area (Å²) in [5, 5.41) is 5.81. The molecule has 0 aromatic heterocycles. The third-order valence-electron chi connectivity index (χ3n) is 1.06. The summed E-state index contributed by atoms with van der Waals surface area (Å²) in [5.41, 5.74) is 0. The van der Waals surface area contributed by atoms with E-state index in [0.717, 1.165) is 32.6 Å². The van der Waals surface area contributed by atoms with Crippen LogP contribution >= 0.6 is 0 Å². The Hall–Kier alpha value is -0.120. The second-order valence-corrected chi connectivity index (χ2v) is 2.57. The fraction of sp³-hybridized carbons (Fsp3) is 1.00. The van der Waals surface area contributed by atoms with Crippen LogP contribution in [0.3, 0.4) is 0 Å². The van der Waals surface area contributed by atoms with Crippen molar-refractivity contribution in [3.8, 4) is 0 Å². The van der Waals surface area contributed by atoms with Crippen LogP contribution in [0.4, 0.5) is 0 Å². The summed E-state index contributed by atoms with van der Waals surface area (Å²) < 4.78 is 5.24. The van der Waals surface area contributed by atoms with Crippen LogP contribution in [-0.2, 0) is 4.74 Å². The molecule has 0 saturated heterocycles. The molecule has 0 saturated carbocycles. The molecule has 0 aromatic rings. The molecule has 3 nitrogen and oxygen atoms in total. The van der Waals surface area contributed by atoms with Gasteiger partial charge in [0.15, 0.2) is 0 Å². The van der Waals surface area contributed by atoms with Gasteiger partial charge >= 0.3 is 0 Å². The number of rotatable bonds is 6. The summed E-state index contributed by atoms with van der Waals surface area (Å²) in [4.78, 5) is 0. The van der Waals surface area contributed by atoms with Gasteiger partial charge in [-0.05, 0) is 40.5 Å². The van der Waals surface area contributed by atoms with Crippen molar-refractivity contribution in [3.63, 3.8) is 0 Å². The highest BCUT2D eigenvalue weighted by Crippen LogP contribution is 1.82. The number of hydrogen-bond acceptors (Lipinski definition) is 3.